The van der Waals surface area contributed by atoms with Gasteiger partial charge in [-0.25, -0.2) is 4.98 Å². The highest BCUT2D eigenvalue weighted by Gasteiger charge is 2.24. The van der Waals surface area contributed by atoms with E-state index in [0.717, 1.165) is 53.9 Å². The fourth-order valence-corrected chi connectivity index (χ4v) is 5.76. The van der Waals surface area contributed by atoms with Crippen LogP contribution in [0, 0.1) is 6.92 Å². The summed E-state index contributed by atoms with van der Waals surface area (Å²) >= 11 is 7.47. The van der Waals surface area contributed by atoms with Crippen LogP contribution < -0.4 is 10.9 Å². The van der Waals surface area contributed by atoms with E-state index in [0.29, 0.717) is 33.4 Å². The summed E-state index contributed by atoms with van der Waals surface area (Å²) in [6, 6.07) is 15.3. The summed E-state index contributed by atoms with van der Waals surface area (Å²) in [6.45, 7) is 7.47. The van der Waals surface area contributed by atoms with Gasteiger partial charge in [-0.3, -0.25) is 14.2 Å². The molecule has 4 aromatic rings. The van der Waals surface area contributed by atoms with Crippen LogP contribution >= 0.6 is 22.9 Å². The lowest BCUT2D eigenvalue weighted by molar-refractivity contribution is 0.0792. The van der Waals surface area contributed by atoms with Crippen molar-refractivity contribution in [1.29, 1.82) is 0 Å². The summed E-state index contributed by atoms with van der Waals surface area (Å²) in [5.41, 5.74) is 6.08. The maximum absolute atomic E-state index is 14.3. The van der Waals surface area contributed by atoms with Crippen molar-refractivity contribution >= 4 is 28.8 Å². The summed E-state index contributed by atoms with van der Waals surface area (Å²) in [5.74, 6) is -0.111. The topological polar surface area (TPSA) is 67.2 Å². The Labute approximate surface area is 239 Å². The minimum Gasteiger partial charge on any atom is -0.342 e. The lowest BCUT2D eigenvalue weighted by Crippen LogP contribution is -2.33. The zero-order valence-corrected chi connectivity index (χ0v) is 24.7. The summed E-state index contributed by atoms with van der Waals surface area (Å²) in [5, 5.41) is 6.30. The molecule has 1 amide bonds. The molecule has 0 aliphatic heterocycles. The largest absolute Gasteiger partial charge is 0.342 e. The number of carbonyl (C=O) groups is 1. The Morgan fingerprint density at radius 1 is 1.10 bits per heavy atom. The first kappa shape index (κ1) is 28.7. The van der Waals surface area contributed by atoms with Gasteiger partial charge < -0.3 is 10.2 Å². The smallest absolute Gasteiger partial charge is 0.265 e. The fourth-order valence-electron chi connectivity index (χ4n) is 4.80. The first-order chi connectivity index (χ1) is 18.8. The van der Waals surface area contributed by atoms with E-state index in [1.54, 1.807) is 15.5 Å². The van der Waals surface area contributed by atoms with Crippen LogP contribution in [0.4, 0.5) is 0 Å². The van der Waals surface area contributed by atoms with E-state index in [-0.39, 0.29) is 11.5 Å². The second-order valence-corrected chi connectivity index (χ2v) is 10.9. The molecule has 2 heterocycles. The zero-order valence-electron chi connectivity index (χ0n) is 23.2. The van der Waals surface area contributed by atoms with Crippen molar-refractivity contribution in [3.63, 3.8) is 0 Å². The van der Waals surface area contributed by atoms with Crippen molar-refractivity contribution < 1.29 is 4.79 Å². The summed E-state index contributed by atoms with van der Waals surface area (Å²) < 4.78 is 1.74. The Morgan fingerprint density at radius 3 is 2.38 bits per heavy atom. The first-order valence-corrected chi connectivity index (χ1v) is 14.6. The van der Waals surface area contributed by atoms with Crippen LogP contribution in [-0.4, -0.2) is 47.5 Å². The number of hydrogen-bond donors (Lipinski definition) is 1. The van der Waals surface area contributed by atoms with Gasteiger partial charge >= 0.3 is 0 Å². The van der Waals surface area contributed by atoms with Gasteiger partial charge in [-0.1, -0.05) is 55.8 Å². The molecule has 39 heavy (non-hydrogen) atoms. The second-order valence-electron chi connectivity index (χ2n) is 9.56. The summed E-state index contributed by atoms with van der Waals surface area (Å²) in [4.78, 5) is 34.6. The highest BCUT2D eigenvalue weighted by molar-refractivity contribution is 7.13. The first-order valence-electron chi connectivity index (χ1n) is 13.3. The standard InChI is InChI=1S/C31H35ClN4O2S/c1-6-21-10-8-11-22(7-2)28(21)36-20(3)25(30(37)35(5)17-9-16-33-4)18-26(31(36)38)29-34-27(19-39-29)23-12-14-24(32)15-13-23/h8,10-15,18-19,33H,6-7,9,16-17H2,1-5H3. The average Bonchev–Trinajstić information content (AvgIpc) is 3.43. The van der Waals surface area contributed by atoms with Gasteiger partial charge in [0, 0.05) is 35.3 Å². The highest BCUT2D eigenvalue weighted by Crippen LogP contribution is 2.31. The third-order valence-electron chi connectivity index (χ3n) is 7.01. The minimum atomic E-state index is -0.172. The van der Waals surface area contributed by atoms with Crippen molar-refractivity contribution in [3.05, 3.63) is 91.7 Å². The lowest BCUT2D eigenvalue weighted by Gasteiger charge is -2.23. The maximum atomic E-state index is 14.3. The predicted octanol–water partition coefficient (Wildman–Crippen LogP) is 6.40. The van der Waals surface area contributed by atoms with E-state index in [4.69, 9.17) is 16.6 Å². The van der Waals surface area contributed by atoms with Crippen LogP contribution in [0.3, 0.4) is 0 Å². The number of amides is 1. The van der Waals surface area contributed by atoms with Gasteiger partial charge in [0.25, 0.3) is 11.5 Å². The highest BCUT2D eigenvalue weighted by atomic mass is 35.5. The van der Waals surface area contributed by atoms with Crippen LogP contribution in [0.5, 0.6) is 0 Å². The number of nitrogens with zero attached hydrogens (tertiary/aromatic N) is 3. The number of rotatable bonds is 10. The zero-order chi connectivity index (χ0) is 28.1. The van der Waals surface area contributed by atoms with Crippen molar-refractivity contribution in [3.8, 4) is 27.5 Å². The molecule has 0 unspecified atom stereocenters. The molecule has 4 rings (SSSR count). The summed E-state index contributed by atoms with van der Waals surface area (Å²) in [7, 11) is 3.71. The molecule has 0 saturated heterocycles. The number of carbonyl (C=O) groups excluding carboxylic acids is 1. The molecular formula is C31H35ClN4O2S. The molecule has 6 nitrogen and oxygen atoms in total. The Balaban J connectivity index is 1.94. The molecule has 2 aromatic carbocycles. The second kappa shape index (κ2) is 12.7. The average molecular weight is 563 g/mol. The van der Waals surface area contributed by atoms with Crippen molar-refractivity contribution in [1.82, 2.24) is 19.8 Å². The molecule has 0 radical (unpaired) electrons. The van der Waals surface area contributed by atoms with Crippen LogP contribution in [0.25, 0.3) is 27.5 Å². The molecule has 0 aliphatic rings. The summed E-state index contributed by atoms with van der Waals surface area (Å²) in [6.07, 6.45) is 2.37. The number of benzene rings is 2. The molecule has 0 atom stereocenters. The minimum absolute atomic E-state index is 0.111. The van der Waals surface area contributed by atoms with Crippen molar-refractivity contribution in [2.75, 3.05) is 27.2 Å². The Bertz CT molecular complexity index is 1500. The van der Waals surface area contributed by atoms with Crippen LogP contribution in [0.2, 0.25) is 5.02 Å². The molecule has 0 aliphatic carbocycles. The quantitative estimate of drug-likeness (QED) is 0.227. The van der Waals surface area contributed by atoms with Gasteiger partial charge in [0.15, 0.2) is 0 Å². The Morgan fingerprint density at radius 2 is 1.77 bits per heavy atom. The van der Waals surface area contributed by atoms with Gasteiger partial charge in [-0.15, -0.1) is 11.3 Å². The Hall–Kier alpha value is -3.26. The number of nitrogens with one attached hydrogen (secondary N) is 1. The number of para-hydroxylation sites is 1. The number of halogens is 1. The third kappa shape index (κ3) is 6.01. The number of aromatic nitrogens is 2. The van der Waals surface area contributed by atoms with Crippen molar-refractivity contribution in [2.24, 2.45) is 0 Å². The van der Waals surface area contributed by atoms with Crippen LogP contribution in [-0.2, 0) is 12.8 Å². The SMILES string of the molecule is CCc1cccc(CC)c1-n1c(C)c(C(=O)N(C)CCCNC)cc(-c2nc(-c3ccc(Cl)cc3)cs2)c1=O. The third-order valence-corrected chi connectivity index (χ3v) is 8.14. The van der Waals surface area contributed by atoms with Gasteiger partial charge in [0.2, 0.25) is 0 Å². The molecule has 0 spiro atoms. The molecular weight excluding hydrogens is 528 g/mol. The van der Waals surface area contributed by atoms with E-state index >= 15 is 0 Å². The molecule has 204 valence electrons. The Kier molecular flexibility index (Phi) is 9.38. The van der Waals surface area contributed by atoms with Gasteiger partial charge in [0.05, 0.1) is 22.5 Å². The number of hydrogen-bond acceptors (Lipinski definition) is 5. The normalized spacial score (nSPS) is 11.1. The van der Waals surface area contributed by atoms with Crippen molar-refractivity contribution in [2.45, 2.75) is 40.0 Å². The predicted molar refractivity (Wildman–Crippen MR) is 163 cm³/mol. The van der Waals surface area contributed by atoms with E-state index in [1.165, 1.54) is 11.3 Å². The van der Waals surface area contributed by atoms with E-state index < -0.39 is 0 Å². The number of thiazole rings is 1. The molecule has 0 saturated carbocycles. The lowest BCUT2D eigenvalue weighted by atomic mass is 10.0. The monoisotopic (exact) mass is 562 g/mol. The molecule has 2 aromatic heterocycles. The maximum Gasteiger partial charge on any atom is 0.265 e. The molecule has 8 heteroatoms. The molecule has 1 N–H and O–H groups in total. The fraction of sp³-hybridized carbons (Fsp3) is 0.323. The van der Waals surface area contributed by atoms with E-state index in [1.807, 2.05) is 56.7 Å². The number of aryl methyl sites for hydroxylation is 2. The van der Waals surface area contributed by atoms with E-state index in [9.17, 15) is 9.59 Å². The van der Waals surface area contributed by atoms with Gasteiger partial charge in [0.1, 0.15) is 5.01 Å². The number of pyridine rings is 1. The van der Waals surface area contributed by atoms with Crippen LogP contribution in [0.15, 0.2) is 58.7 Å². The molecule has 0 fully saturated rings. The van der Waals surface area contributed by atoms with Gasteiger partial charge in [-0.05, 0) is 69.1 Å². The molecule has 0 bridgehead atoms. The van der Waals surface area contributed by atoms with Crippen LogP contribution in [0.1, 0.15) is 47.4 Å². The van der Waals surface area contributed by atoms with Gasteiger partial charge in [-0.2, -0.15) is 0 Å². The van der Waals surface area contributed by atoms with E-state index in [2.05, 4.69) is 31.3 Å².